The molecule has 0 aliphatic rings. The Balaban J connectivity index is 1.76. The number of rotatable bonds is 3. The molecular formula is C20H15ClN2O. The molecular weight excluding hydrogens is 320 g/mol. The zero-order valence-corrected chi connectivity index (χ0v) is 13.6. The molecule has 0 fully saturated rings. The van der Waals surface area contributed by atoms with Gasteiger partial charge in [0.1, 0.15) is 0 Å². The van der Waals surface area contributed by atoms with Crippen molar-refractivity contribution in [3.8, 4) is 11.1 Å². The van der Waals surface area contributed by atoms with E-state index in [4.69, 9.17) is 11.6 Å². The van der Waals surface area contributed by atoms with Crippen LogP contribution in [0.2, 0.25) is 5.02 Å². The molecule has 0 unspecified atom stereocenters. The fourth-order valence-electron chi connectivity index (χ4n) is 2.90. The third-order valence-electron chi connectivity index (χ3n) is 4.14. The highest BCUT2D eigenvalue weighted by Gasteiger charge is 2.08. The van der Waals surface area contributed by atoms with E-state index in [1.165, 1.54) is 0 Å². The number of hydrogen-bond acceptors (Lipinski definition) is 1. The molecule has 0 bridgehead atoms. The maximum Gasteiger partial charge on any atom is 0.326 e. The van der Waals surface area contributed by atoms with Gasteiger partial charge in [0.2, 0.25) is 0 Å². The molecule has 24 heavy (non-hydrogen) atoms. The Morgan fingerprint density at radius 1 is 0.875 bits per heavy atom. The summed E-state index contributed by atoms with van der Waals surface area (Å²) in [5.74, 6) is 0. The molecule has 0 amide bonds. The first-order chi connectivity index (χ1) is 11.7. The van der Waals surface area contributed by atoms with Crippen molar-refractivity contribution in [2.45, 2.75) is 6.54 Å². The summed E-state index contributed by atoms with van der Waals surface area (Å²) in [6.07, 6.45) is 0. The minimum atomic E-state index is -0.106. The molecule has 4 heteroatoms. The van der Waals surface area contributed by atoms with E-state index in [2.05, 4.69) is 17.1 Å². The molecule has 0 aliphatic carbocycles. The van der Waals surface area contributed by atoms with Gasteiger partial charge >= 0.3 is 5.69 Å². The van der Waals surface area contributed by atoms with Gasteiger partial charge in [0, 0.05) is 5.02 Å². The average molecular weight is 335 g/mol. The molecule has 1 N–H and O–H groups in total. The number of hydrogen-bond donors (Lipinski definition) is 1. The number of nitrogens with one attached hydrogen (secondary N) is 1. The molecule has 0 atom stereocenters. The van der Waals surface area contributed by atoms with Crippen molar-refractivity contribution in [3.63, 3.8) is 0 Å². The van der Waals surface area contributed by atoms with Crippen LogP contribution >= 0.6 is 11.6 Å². The van der Waals surface area contributed by atoms with Crippen molar-refractivity contribution in [2.75, 3.05) is 0 Å². The largest absolute Gasteiger partial charge is 0.326 e. The predicted molar refractivity (Wildman–Crippen MR) is 98.5 cm³/mol. The second kappa shape index (κ2) is 6.02. The molecule has 0 aliphatic heterocycles. The second-order valence-corrected chi connectivity index (χ2v) is 6.18. The number of benzene rings is 3. The number of H-pyrrole nitrogens is 1. The molecule has 4 aromatic rings. The van der Waals surface area contributed by atoms with Gasteiger partial charge in [-0.25, -0.2) is 4.79 Å². The predicted octanol–water partition coefficient (Wildman–Crippen LogP) is 4.70. The summed E-state index contributed by atoms with van der Waals surface area (Å²) in [4.78, 5) is 15.3. The number of aromatic nitrogens is 2. The Morgan fingerprint density at radius 3 is 2.38 bits per heavy atom. The van der Waals surface area contributed by atoms with Crippen LogP contribution in [0.3, 0.4) is 0 Å². The van der Waals surface area contributed by atoms with Crippen molar-refractivity contribution in [1.29, 1.82) is 0 Å². The summed E-state index contributed by atoms with van der Waals surface area (Å²) < 4.78 is 1.74. The maximum absolute atomic E-state index is 12.3. The summed E-state index contributed by atoms with van der Waals surface area (Å²) >= 11 is 5.92. The first kappa shape index (κ1) is 14.8. The van der Waals surface area contributed by atoms with Crippen molar-refractivity contribution >= 4 is 22.6 Å². The van der Waals surface area contributed by atoms with Crippen LogP contribution in [0.4, 0.5) is 0 Å². The van der Waals surface area contributed by atoms with Crippen LogP contribution in [-0.4, -0.2) is 9.55 Å². The number of imidazole rings is 1. The highest BCUT2D eigenvalue weighted by Crippen LogP contribution is 2.23. The topological polar surface area (TPSA) is 37.8 Å². The van der Waals surface area contributed by atoms with Crippen molar-refractivity contribution in [2.24, 2.45) is 0 Å². The van der Waals surface area contributed by atoms with Crippen LogP contribution in [0.5, 0.6) is 0 Å². The summed E-state index contributed by atoms with van der Waals surface area (Å²) in [5.41, 5.74) is 4.89. The highest BCUT2D eigenvalue weighted by molar-refractivity contribution is 6.30. The number of halogens is 1. The van der Waals surface area contributed by atoms with Gasteiger partial charge in [-0.05, 0) is 41.0 Å². The number of nitrogens with zero attached hydrogens (tertiary/aromatic N) is 1. The van der Waals surface area contributed by atoms with Crippen LogP contribution in [0.1, 0.15) is 5.56 Å². The fraction of sp³-hybridized carbons (Fsp3) is 0.0500. The summed E-state index contributed by atoms with van der Waals surface area (Å²) in [6, 6.07) is 23.7. The zero-order chi connectivity index (χ0) is 16.5. The first-order valence-corrected chi connectivity index (χ1v) is 8.11. The molecule has 3 nitrogen and oxygen atoms in total. The van der Waals surface area contributed by atoms with Gasteiger partial charge in [-0.3, -0.25) is 4.57 Å². The highest BCUT2D eigenvalue weighted by atomic mass is 35.5. The van der Waals surface area contributed by atoms with Gasteiger partial charge in [-0.2, -0.15) is 0 Å². The monoisotopic (exact) mass is 334 g/mol. The average Bonchev–Trinajstić information content (AvgIpc) is 2.92. The Bertz CT molecular complexity index is 1050. The van der Waals surface area contributed by atoms with E-state index in [0.29, 0.717) is 11.6 Å². The van der Waals surface area contributed by atoms with Crippen molar-refractivity contribution in [1.82, 2.24) is 9.55 Å². The lowest BCUT2D eigenvalue weighted by Gasteiger charge is -2.05. The lowest BCUT2D eigenvalue weighted by atomic mass is 10.1. The summed E-state index contributed by atoms with van der Waals surface area (Å²) in [6.45, 7) is 0.515. The Hall–Kier alpha value is -2.78. The van der Waals surface area contributed by atoms with E-state index in [0.717, 1.165) is 27.7 Å². The van der Waals surface area contributed by atoms with Crippen LogP contribution < -0.4 is 5.69 Å². The Labute approximate surface area is 144 Å². The van der Waals surface area contributed by atoms with Crippen LogP contribution in [-0.2, 0) is 6.54 Å². The minimum absolute atomic E-state index is 0.106. The van der Waals surface area contributed by atoms with E-state index in [-0.39, 0.29) is 5.69 Å². The van der Waals surface area contributed by atoms with Gasteiger partial charge in [0.25, 0.3) is 0 Å². The van der Waals surface area contributed by atoms with Crippen LogP contribution in [0.25, 0.3) is 22.2 Å². The Morgan fingerprint density at radius 2 is 1.62 bits per heavy atom. The van der Waals surface area contributed by atoms with Gasteiger partial charge in [-0.1, -0.05) is 60.1 Å². The molecule has 3 aromatic carbocycles. The summed E-state index contributed by atoms with van der Waals surface area (Å²) in [5, 5.41) is 0.692. The summed E-state index contributed by atoms with van der Waals surface area (Å²) in [7, 11) is 0. The molecule has 4 rings (SSSR count). The van der Waals surface area contributed by atoms with Gasteiger partial charge in [0.15, 0.2) is 0 Å². The van der Waals surface area contributed by atoms with Gasteiger partial charge in [-0.15, -0.1) is 0 Å². The zero-order valence-electron chi connectivity index (χ0n) is 12.9. The van der Waals surface area contributed by atoms with E-state index in [9.17, 15) is 4.79 Å². The molecule has 1 heterocycles. The lowest BCUT2D eigenvalue weighted by Crippen LogP contribution is -2.17. The molecule has 0 saturated carbocycles. The van der Waals surface area contributed by atoms with Crippen LogP contribution in [0.15, 0.2) is 77.6 Å². The van der Waals surface area contributed by atoms with E-state index in [1.54, 1.807) is 4.57 Å². The van der Waals surface area contributed by atoms with E-state index in [1.807, 2.05) is 60.7 Å². The minimum Gasteiger partial charge on any atom is -0.306 e. The number of aromatic amines is 1. The standard InChI is InChI=1S/C20H15ClN2O/c21-17-9-6-14(7-10-17)13-23-19-11-8-16(12-18(19)22-20(23)24)15-4-2-1-3-5-15/h1-12H,13H2,(H,22,24). The SMILES string of the molecule is O=c1[nH]c2cc(-c3ccccc3)ccc2n1Cc1ccc(Cl)cc1. The van der Waals surface area contributed by atoms with Crippen LogP contribution in [0, 0.1) is 0 Å². The lowest BCUT2D eigenvalue weighted by molar-refractivity contribution is 0.787. The normalized spacial score (nSPS) is 11.0. The van der Waals surface area contributed by atoms with Gasteiger partial charge in [0.05, 0.1) is 17.6 Å². The van der Waals surface area contributed by atoms with E-state index < -0.39 is 0 Å². The molecule has 118 valence electrons. The molecule has 0 radical (unpaired) electrons. The molecule has 0 spiro atoms. The third kappa shape index (κ3) is 2.74. The number of fused-ring (bicyclic) bond motifs is 1. The first-order valence-electron chi connectivity index (χ1n) is 7.73. The third-order valence-corrected chi connectivity index (χ3v) is 4.39. The molecule has 0 saturated heterocycles. The van der Waals surface area contributed by atoms with Crippen molar-refractivity contribution < 1.29 is 0 Å². The van der Waals surface area contributed by atoms with Gasteiger partial charge < -0.3 is 4.98 Å². The maximum atomic E-state index is 12.3. The van der Waals surface area contributed by atoms with E-state index >= 15 is 0 Å². The smallest absolute Gasteiger partial charge is 0.306 e. The fourth-order valence-corrected chi connectivity index (χ4v) is 3.03. The second-order valence-electron chi connectivity index (χ2n) is 5.74. The Kier molecular flexibility index (Phi) is 3.71. The quantitative estimate of drug-likeness (QED) is 0.579. The molecule has 1 aromatic heterocycles. The van der Waals surface area contributed by atoms with Crippen molar-refractivity contribution in [3.05, 3.63) is 93.9 Å².